The standard InChI is InChI=1S/C14H22O5/c1-2-4-14-13(3-1)18-11-9-16-7-5-15-6-8-17-10-12-19-14/h1,3H,2,4-12H2. The number of hydrogen-bond donors (Lipinski definition) is 0. The van der Waals surface area contributed by atoms with Gasteiger partial charge in [0.15, 0.2) is 5.76 Å². The summed E-state index contributed by atoms with van der Waals surface area (Å²) in [5, 5.41) is 0. The highest BCUT2D eigenvalue weighted by molar-refractivity contribution is 5.20. The lowest BCUT2D eigenvalue weighted by Gasteiger charge is -2.17. The summed E-state index contributed by atoms with van der Waals surface area (Å²) < 4.78 is 27.6. The van der Waals surface area contributed by atoms with Crippen LogP contribution in [0, 0.1) is 0 Å². The fourth-order valence-electron chi connectivity index (χ4n) is 1.87. The molecule has 0 atom stereocenters. The Morgan fingerprint density at radius 2 is 1.26 bits per heavy atom. The van der Waals surface area contributed by atoms with Gasteiger partial charge in [0.25, 0.3) is 0 Å². The average Bonchev–Trinajstić information content (AvgIpc) is 2.45. The van der Waals surface area contributed by atoms with Crippen LogP contribution < -0.4 is 0 Å². The van der Waals surface area contributed by atoms with Gasteiger partial charge in [-0.1, -0.05) is 6.08 Å². The minimum Gasteiger partial charge on any atom is -0.492 e. The van der Waals surface area contributed by atoms with Gasteiger partial charge in [-0.05, 0) is 12.5 Å². The average molecular weight is 270 g/mol. The topological polar surface area (TPSA) is 46.2 Å². The van der Waals surface area contributed by atoms with Crippen molar-refractivity contribution in [3.63, 3.8) is 0 Å². The summed E-state index contributed by atoms with van der Waals surface area (Å²) in [5.74, 6) is 1.73. The van der Waals surface area contributed by atoms with Crippen molar-refractivity contribution in [2.45, 2.75) is 12.8 Å². The van der Waals surface area contributed by atoms with Crippen molar-refractivity contribution in [3.8, 4) is 0 Å². The van der Waals surface area contributed by atoms with Gasteiger partial charge in [0.2, 0.25) is 0 Å². The first kappa shape index (κ1) is 14.4. The first-order valence-corrected chi connectivity index (χ1v) is 6.85. The monoisotopic (exact) mass is 270 g/mol. The second kappa shape index (κ2) is 8.96. The Morgan fingerprint density at radius 3 is 1.95 bits per heavy atom. The van der Waals surface area contributed by atoms with Crippen LogP contribution >= 0.6 is 0 Å². The fraction of sp³-hybridized carbons (Fsp3) is 0.714. The molecule has 19 heavy (non-hydrogen) atoms. The summed E-state index contributed by atoms with van der Waals surface area (Å²) in [4.78, 5) is 0. The van der Waals surface area contributed by atoms with Crippen LogP contribution in [0.25, 0.3) is 0 Å². The van der Waals surface area contributed by atoms with Crippen LogP contribution in [-0.2, 0) is 23.7 Å². The maximum Gasteiger partial charge on any atom is 0.156 e. The van der Waals surface area contributed by atoms with Crippen LogP contribution in [0.15, 0.2) is 23.7 Å². The van der Waals surface area contributed by atoms with Gasteiger partial charge < -0.3 is 23.7 Å². The van der Waals surface area contributed by atoms with Crippen LogP contribution in [-0.4, -0.2) is 52.9 Å². The molecule has 0 aromatic rings. The Kier molecular flexibility index (Phi) is 6.78. The molecule has 0 radical (unpaired) electrons. The number of allylic oxidation sites excluding steroid dienone is 3. The molecule has 0 saturated heterocycles. The zero-order valence-corrected chi connectivity index (χ0v) is 11.3. The maximum absolute atomic E-state index is 5.72. The van der Waals surface area contributed by atoms with E-state index in [0.717, 1.165) is 24.4 Å². The largest absolute Gasteiger partial charge is 0.492 e. The summed E-state index contributed by atoms with van der Waals surface area (Å²) in [6.07, 6.45) is 5.95. The molecular weight excluding hydrogens is 248 g/mol. The van der Waals surface area contributed by atoms with Crippen molar-refractivity contribution in [1.82, 2.24) is 0 Å². The molecule has 0 aromatic carbocycles. The molecule has 5 nitrogen and oxygen atoms in total. The first-order valence-electron chi connectivity index (χ1n) is 6.85. The van der Waals surface area contributed by atoms with Gasteiger partial charge >= 0.3 is 0 Å². The Hall–Kier alpha value is -1.04. The van der Waals surface area contributed by atoms with E-state index in [-0.39, 0.29) is 0 Å². The molecule has 1 heterocycles. The van der Waals surface area contributed by atoms with E-state index in [1.165, 1.54) is 0 Å². The van der Waals surface area contributed by atoms with Crippen LogP contribution in [0.1, 0.15) is 12.8 Å². The molecule has 1 aliphatic carbocycles. The second-order valence-electron chi connectivity index (χ2n) is 4.26. The number of rotatable bonds is 0. The molecule has 0 saturated carbocycles. The first-order chi connectivity index (χ1) is 9.47. The number of ether oxygens (including phenoxy) is 5. The molecule has 1 aliphatic heterocycles. The smallest absolute Gasteiger partial charge is 0.156 e. The van der Waals surface area contributed by atoms with Crippen LogP contribution in [0.4, 0.5) is 0 Å². The van der Waals surface area contributed by atoms with E-state index in [1.807, 2.05) is 6.08 Å². The molecule has 2 rings (SSSR count). The van der Waals surface area contributed by atoms with Gasteiger partial charge in [-0.15, -0.1) is 0 Å². The Morgan fingerprint density at radius 1 is 0.684 bits per heavy atom. The van der Waals surface area contributed by atoms with E-state index in [4.69, 9.17) is 23.7 Å². The Labute approximate surface area is 114 Å². The van der Waals surface area contributed by atoms with E-state index >= 15 is 0 Å². The predicted octanol–water partition coefficient (Wildman–Crippen LogP) is 1.64. The molecule has 0 fully saturated rings. The van der Waals surface area contributed by atoms with Crippen molar-refractivity contribution in [3.05, 3.63) is 23.7 Å². The van der Waals surface area contributed by atoms with E-state index in [9.17, 15) is 0 Å². The molecule has 2 aliphatic rings. The third kappa shape index (κ3) is 5.63. The van der Waals surface area contributed by atoms with E-state index < -0.39 is 0 Å². The van der Waals surface area contributed by atoms with E-state index in [0.29, 0.717) is 52.9 Å². The van der Waals surface area contributed by atoms with Crippen molar-refractivity contribution in [2.24, 2.45) is 0 Å². The highest BCUT2D eigenvalue weighted by atomic mass is 16.6. The zero-order valence-electron chi connectivity index (χ0n) is 11.3. The number of hydrogen-bond acceptors (Lipinski definition) is 5. The molecule has 0 aromatic heterocycles. The quantitative estimate of drug-likeness (QED) is 0.669. The third-order valence-corrected chi connectivity index (χ3v) is 2.82. The van der Waals surface area contributed by atoms with Crippen molar-refractivity contribution in [2.75, 3.05) is 52.9 Å². The van der Waals surface area contributed by atoms with Crippen LogP contribution in [0.3, 0.4) is 0 Å². The van der Waals surface area contributed by atoms with Gasteiger partial charge in [-0.25, -0.2) is 0 Å². The van der Waals surface area contributed by atoms with E-state index in [1.54, 1.807) is 0 Å². The minimum atomic E-state index is 0.531. The summed E-state index contributed by atoms with van der Waals surface area (Å²) >= 11 is 0. The molecule has 5 heteroatoms. The molecule has 108 valence electrons. The van der Waals surface area contributed by atoms with Gasteiger partial charge in [0.1, 0.15) is 19.0 Å². The van der Waals surface area contributed by atoms with Crippen LogP contribution in [0.5, 0.6) is 0 Å². The Bertz CT molecular complexity index is 311. The third-order valence-electron chi connectivity index (χ3n) is 2.82. The highest BCUT2D eigenvalue weighted by Crippen LogP contribution is 2.20. The van der Waals surface area contributed by atoms with Gasteiger partial charge in [-0.2, -0.15) is 0 Å². The molecule has 0 bridgehead atoms. The van der Waals surface area contributed by atoms with Crippen molar-refractivity contribution in [1.29, 1.82) is 0 Å². The van der Waals surface area contributed by atoms with Crippen LogP contribution in [0.2, 0.25) is 0 Å². The fourth-order valence-corrected chi connectivity index (χ4v) is 1.87. The Balaban J connectivity index is 1.84. The normalized spacial score (nSPS) is 23.6. The van der Waals surface area contributed by atoms with Gasteiger partial charge in [-0.3, -0.25) is 0 Å². The zero-order chi connectivity index (χ0) is 13.2. The lowest BCUT2D eigenvalue weighted by molar-refractivity contribution is 0.00230. The predicted molar refractivity (Wildman–Crippen MR) is 69.8 cm³/mol. The summed E-state index contributed by atoms with van der Waals surface area (Å²) in [6, 6.07) is 0. The minimum absolute atomic E-state index is 0.531. The van der Waals surface area contributed by atoms with Gasteiger partial charge in [0.05, 0.1) is 39.6 Å². The lowest BCUT2D eigenvalue weighted by atomic mass is 10.1. The molecule has 0 spiro atoms. The maximum atomic E-state index is 5.72. The summed E-state index contributed by atoms with van der Waals surface area (Å²) in [5.41, 5.74) is 0. The van der Waals surface area contributed by atoms with E-state index in [2.05, 4.69) is 6.08 Å². The molecule has 0 unspecified atom stereocenters. The van der Waals surface area contributed by atoms with Gasteiger partial charge in [0, 0.05) is 6.42 Å². The molecule has 0 N–H and O–H groups in total. The second-order valence-corrected chi connectivity index (χ2v) is 4.26. The summed E-state index contributed by atoms with van der Waals surface area (Å²) in [7, 11) is 0. The molecular formula is C14H22O5. The SMILES string of the molecule is C1=CC2=C(CC1)OCCOCCOCCOCCO2. The summed E-state index contributed by atoms with van der Waals surface area (Å²) in [6.45, 7) is 4.57. The molecule has 0 amide bonds. The van der Waals surface area contributed by atoms with Crippen molar-refractivity contribution >= 4 is 0 Å². The highest BCUT2D eigenvalue weighted by Gasteiger charge is 2.11. The lowest BCUT2D eigenvalue weighted by Crippen LogP contribution is -2.12. The van der Waals surface area contributed by atoms with Crippen molar-refractivity contribution < 1.29 is 23.7 Å².